The monoisotopic (exact) mass is 409 g/mol. The summed E-state index contributed by atoms with van der Waals surface area (Å²) in [5.74, 6) is -0.127. The molecular formula is C22H18N2O3V. The molecule has 1 radical (unpaired) electrons. The molecule has 5 nitrogen and oxygen atoms in total. The Morgan fingerprint density at radius 1 is 0.607 bits per heavy atom. The van der Waals surface area contributed by atoms with Crippen LogP contribution in [0.4, 0.5) is 11.4 Å². The summed E-state index contributed by atoms with van der Waals surface area (Å²) < 4.78 is 0. The Morgan fingerprint density at radius 3 is 1.29 bits per heavy atom. The number of para-hydroxylation sites is 4. The van der Waals surface area contributed by atoms with E-state index in [-0.39, 0.29) is 35.5 Å². The zero-order valence-electron chi connectivity index (χ0n) is 15.5. The summed E-state index contributed by atoms with van der Waals surface area (Å²) in [5, 5.41) is 24.0. The average Bonchev–Trinajstić information content (AvgIpc) is 2.64. The second-order valence-corrected chi connectivity index (χ2v) is 5.88. The second kappa shape index (κ2) is 10.5. The van der Waals surface area contributed by atoms with Crippen LogP contribution in [0.2, 0.25) is 0 Å². The molecule has 3 rings (SSSR count). The molecule has 0 aliphatic rings. The van der Waals surface area contributed by atoms with E-state index in [2.05, 4.69) is 9.98 Å². The van der Waals surface area contributed by atoms with Crippen LogP contribution in [0.1, 0.15) is 25.0 Å². The first-order valence-corrected chi connectivity index (χ1v) is 8.28. The molecule has 139 valence electrons. The van der Waals surface area contributed by atoms with Crippen LogP contribution >= 0.6 is 0 Å². The van der Waals surface area contributed by atoms with Gasteiger partial charge in [-0.25, -0.2) is 0 Å². The Morgan fingerprint density at radius 2 is 0.929 bits per heavy atom. The third-order valence-corrected chi connectivity index (χ3v) is 4.01. The van der Waals surface area contributed by atoms with Crippen molar-refractivity contribution in [3.05, 3.63) is 83.9 Å². The molecule has 3 aromatic carbocycles. The second-order valence-electron chi connectivity index (χ2n) is 5.88. The van der Waals surface area contributed by atoms with Gasteiger partial charge in [0.25, 0.3) is 0 Å². The molecule has 0 unspecified atom stereocenters. The van der Waals surface area contributed by atoms with Gasteiger partial charge in [-0.3, -0.25) is 9.98 Å². The SMILES string of the molecule is CC(=Nc1ccccc1N=C(C)c1ccccc1[O-])c1ccccc1[O-].[O-2].[V+4]. The molecule has 0 aliphatic carbocycles. The van der Waals surface area contributed by atoms with E-state index in [1.54, 1.807) is 38.1 Å². The van der Waals surface area contributed by atoms with E-state index in [1.165, 1.54) is 12.1 Å². The first-order chi connectivity index (χ1) is 12.6. The molecule has 0 spiro atoms. The fourth-order valence-corrected chi connectivity index (χ4v) is 2.67. The molecule has 3 aromatic rings. The molecule has 0 saturated heterocycles. The van der Waals surface area contributed by atoms with E-state index in [0.29, 0.717) is 33.9 Å². The molecule has 0 heterocycles. The third-order valence-electron chi connectivity index (χ3n) is 4.01. The summed E-state index contributed by atoms with van der Waals surface area (Å²) in [4.78, 5) is 9.18. The van der Waals surface area contributed by atoms with Gasteiger partial charge in [-0.15, -0.1) is 0 Å². The predicted octanol–water partition coefficient (Wildman–Crippen LogP) is 3.99. The topological polar surface area (TPSA) is 99.3 Å². The zero-order chi connectivity index (χ0) is 18.5. The van der Waals surface area contributed by atoms with E-state index in [9.17, 15) is 10.2 Å². The Labute approximate surface area is 176 Å². The van der Waals surface area contributed by atoms with Crippen LogP contribution < -0.4 is 10.2 Å². The van der Waals surface area contributed by atoms with Gasteiger partial charge in [0.15, 0.2) is 0 Å². The average molecular weight is 409 g/mol. The van der Waals surface area contributed by atoms with Crippen molar-refractivity contribution in [3.8, 4) is 11.5 Å². The minimum absolute atomic E-state index is 0. The van der Waals surface area contributed by atoms with Gasteiger partial charge in [0.1, 0.15) is 0 Å². The third kappa shape index (κ3) is 5.33. The molecular weight excluding hydrogens is 391 g/mol. The smallest absolute Gasteiger partial charge is 2.00 e. The van der Waals surface area contributed by atoms with Gasteiger partial charge in [0, 0.05) is 11.4 Å². The molecule has 0 atom stereocenters. The molecule has 28 heavy (non-hydrogen) atoms. The minimum atomic E-state index is -0.0637. The van der Waals surface area contributed by atoms with Gasteiger partial charge in [0.05, 0.1) is 11.4 Å². The van der Waals surface area contributed by atoms with Crippen molar-refractivity contribution in [2.45, 2.75) is 13.8 Å². The van der Waals surface area contributed by atoms with Crippen LogP contribution in [0.5, 0.6) is 11.5 Å². The van der Waals surface area contributed by atoms with Crippen molar-refractivity contribution < 1.29 is 34.2 Å². The van der Waals surface area contributed by atoms with Gasteiger partial charge in [-0.2, -0.15) is 0 Å². The van der Waals surface area contributed by atoms with Crippen molar-refractivity contribution in [3.63, 3.8) is 0 Å². The van der Waals surface area contributed by atoms with Gasteiger partial charge in [-0.1, -0.05) is 72.2 Å². The van der Waals surface area contributed by atoms with Crippen LogP contribution in [-0.4, -0.2) is 11.4 Å². The van der Waals surface area contributed by atoms with E-state index in [1.807, 2.05) is 36.4 Å². The summed E-state index contributed by atoms with van der Waals surface area (Å²) in [6, 6.07) is 21.0. The van der Waals surface area contributed by atoms with Crippen molar-refractivity contribution in [1.82, 2.24) is 0 Å². The standard InChI is InChI=1S/C22H20N2O2.O.V/c1-15(17-9-3-7-13-21(17)25)23-19-11-5-6-12-20(19)24-16(2)18-10-4-8-14-22(18)26;;/h3-14,25-26H,1-2H3;;/q;-2;+4/p-2. The minimum Gasteiger partial charge on any atom is -2.00 e. The van der Waals surface area contributed by atoms with Crippen LogP contribution in [0.25, 0.3) is 0 Å². The number of rotatable bonds is 4. The Hall–Kier alpha value is -2.86. The van der Waals surface area contributed by atoms with Crippen LogP contribution in [0, 0.1) is 0 Å². The Bertz CT molecular complexity index is 920. The fourth-order valence-electron chi connectivity index (χ4n) is 2.67. The fraction of sp³-hybridized carbons (Fsp3) is 0.0909. The molecule has 0 aliphatic heterocycles. The van der Waals surface area contributed by atoms with Gasteiger partial charge >= 0.3 is 18.6 Å². The summed E-state index contributed by atoms with van der Waals surface area (Å²) in [6.07, 6.45) is 0. The van der Waals surface area contributed by atoms with E-state index >= 15 is 0 Å². The number of hydrogen-bond donors (Lipinski definition) is 0. The van der Waals surface area contributed by atoms with E-state index < -0.39 is 0 Å². The maximum atomic E-state index is 12.0. The first-order valence-electron chi connectivity index (χ1n) is 8.28. The maximum absolute atomic E-state index is 12.0. The van der Waals surface area contributed by atoms with E-state index in [0.717, 1.165) is 0 Å². The van der Waals surface area contributed by atoms with Crippen molar-refractivity contribution in [2.24, 2.45) is 9.98 Å². The molecule has 0 amide bonds. The Kier molecular flexibility index (Phi) is 8.67. The molecule has 6 heteroatoms. The summed E-state index contributed by atoms with van der Waals surface area (Å²) in [5.41, 5.74) is 3.67. The first kappa shape index (κ1) is 23.2. The largest absolute Gasteiger partial charge is 4.00 e. The van der Waals surface area contributed by atoms with Gasteiger partial charge < -0.3 is 15.7 Å². The van der Waals surface area contributed by atoms with Crippen molar-refractivity contribution >= 4 is 22.8 Å². The normalized spacial score (nSPS) is 11.4. The molecule has 0 bridgehead atoms. The number of aliphatic imine (C=N–C) groups is 2. The van der Waals surface area contributed by atoms with E-state index in [4.69, 9.17) is 0 Å². The van der Waals surface area contributed by atoms with Crippen molar-refractivity contribution in [2.75, 3.05) is 0 Å². The molecule has 0 saturated carbocycles. The van der Waals surface area contributed by atoms with Crippen molar-refractivity contribution in [1.29, 1.82) is 0 Å². The Balaban J connectivity index is 0.00000196. The van der Waals surface area contributed by atoms with Gasteiger partial charge in [-0.05, 0) is 37.1 Å². The zero-order valence-corrected chi connectivity index (χ0v) is 16.9. The molecule has 0 aromatic heterocycles. The summed E-state index contributed by atoms with van der Waals surface area (Å²) in [7, 11) is 0. The van der Waals surface area contributed by atoms with Crippen LogP contribution in [0.3, 0.4) is 0 Å². The quantitative estimate of drug-likeness (QED) is 0.609. The van der Waals surface area contributed by atoms with Crippen LogP contribution in [0.15, 0.2) is 82.8 Å². The van der Waals surface area contributed by atoms with Gasteiger partial charge in [0.2, 0.25) is 0 Å². The summed E-state index contributed by atoms with van der Waals surface area (Å²) >= 11 is 0. The molecule has 0 N–H and O–H groups in total. The number of hydrogen-bond acceptors (Lipinski definition) is 4. The van der Waals surface area contributed by atoms with Crippen LogP contribution in [-0.2, 0) is 24.0 Å². The maximum Gasteiger partial charge on any atom is 4.00 e. The predicted molar refractivity (Wildman–Crippen MR) is 103 cm³/mol. The summed E-state index contributed by atoms with van der Waals surface area (Å²) in [6.45, 7) is 3.61. The number of benzene rings is 3. The molecule has 0 fully saturated rings. The number of nitrogens with zero attached hydrogens (tertiary/aromatic N) is 2.